The molecule has 1 nitrogen and oxygen atoms in total. The lowest BCUT2D eigenvalue weighted by Crippen LogP contribution is -2.41. The summed E-state index contributed by atoms with van der Waals surface area (Å²) in [5, 5.41) is 0. The highest BCUT2D eigenvalue weighted by Gasteiger charge is 2.39. The minimum atomic E-state index is -1.61. The van der Waals surface area contributed by atoms with Crippen LogP contribution in [0.1, 0.15) is 46.6 Å². The Balaban J connectivity index is 2.39. The van der Waals surface area contributed by atoms with E-state index < -0.39 is 8.32 Å². The van der Waals surface area contributed by atoms with Crippen LogP contribution < -0.4 is 0 Å². The molecule has 0 fully saturated rings. The Hall–Kier alpha value is -0.393. The highest BCUT2D eigenvalue weighted by atomic mass is 127. The van der Waals surface area contributed by atoms with Gasteiger partial charge < -0.3 is 4.43 Å². The number of hydrogen-bond acceptors (Lipinski definition) is 1. The zero-order chi connectivity index (χ0) is 17.7. The summed E-state index contributed by atoms with van der Waals surface area (Å²) in [7, 11) is -1.61. The average molecular weight is 454 g/mol. The monoisotopic (exact) mass is 454 g/mol. The zero-order valence-electron chi connectivity index (χ0n) is 15.7. The van der Waals surface area contributed by atoms with E-state index in [9.17, 15) is 0 Å². The SMILES string of the molecule is CC[Si](CC)(CC)O[C@@H]1C(C)=C(c2ccccc2)C[C@H]1/C=C(/C)I. The Labute approximate surface area is 162 Å². The fraction of sp³-hybridized carbons (Fsp3) is 0.524. The number of halogens is 1. The fourth-order valence-corrected chi connectivity index (χ4v) is 7.22. The van der Waals surface area contributed by atoms with E-state index in [1.165, 1.54) is 38.4 Å². The van der Waals surface area contributed by atoms with E-state index in [4.69, 9.17) is 4.43 Å². The van der Waals surface area contributed by atoms with Gasteiger partial charge >= 0.3 is 0 Å². The molecule has 0 N–H and O–H groups in total. The summed E-state index contributed by atoms with van der Waals surface area (Å²) in [4.78, 5) is 0. The van der Waals surface area contributed by atoms with Crippen LogP contribution in [0.5, 0.6) is 0 Å². The van der Waals surface area contributed by atoms with Crippen molar-refractivity contribution in [3.63, 3.8) is 0 Å². The maximum Gasteiger partial charge on any atom is 0.192 e. The second kappa shape index (κ2) is 8.81. The Bertz CT molecular complexity index is 589. The predicted octanol–water partition coefficient (Wildman–Crippen LogP) is 7.21. The van der Waals surface area contributed by atoms with Gasteiger partial charge in [0.15, 0.2) is 8.32 Å². The van der Waals surface area contributed by atoms with Gasteiger partial charge in [0.05, 0.1) is 6.10 Å². The van der Waals surface area contributed by atoms with Crippen molar-refractivity contribution in [1.82, 2.24) is 0 Å². The van der Waals surface area contributed by atoms with Gasteiger partial charge in [-0.05, 0) is 81.3 Å². The van der Waals surface area contributed by atoms with Crippen LogP contribution in [0, 0.1) is 5.92 Å². The van der Waals surface area contributed by atoms with E-state index >= 15 is 0 Å². The molecule has 0 aliphatic heterocycles. The topological polar surface area (TPSA) is 9.23 Å². The van der Waals surface area contributed by atoms with Crippen LogP contribution in [-0.4, -0.2) is 14.4 Å². The first-order valence-electron chi connectivity index (χ1n) is 9.23. The molecule has 132 valence electrons. The molecule has 1 aliphatic carbocycles. The van der Waals surface area contributed by atoms with Gasteiger partial charge in [-0.15, -0.1) is 0 Å². The Morgan fingerprint density at radius 2 is 1.75 bits per heavy atom. The number of allylic oxidation sites excluding steroid dienone is 2. The maximum atomic E-state index is 6.96. The van der Waals surface area contributed by atoms with Crippen molar-refractivity contribution < 1.29 is 4.43 Å². The average Bonchev–Trinajstić information content (AvgIpc) is 2.89. The van der Waals surface area contributed by atoms with Crippen LogP contribution in [0.4, 0.5) is 0 Å². The molecule has 24 heavy (non-hydrogen) atoms. The first-order chi connectivity index (χ1) is 11.5. The van der Waals surface area contributed by atoms with Crippen molar-refractivity contribution in [2.75, 3.05) is 0 Å². The van der Waals surface area contributed by atoms with Gasteiger partial charge in [-0.1, -0.05) is 57.2 Å². The second-order valence-corrected chi connectivity index (χ2v) is 13.4. The summed E-state index contributed by atoms with van der Waals surface area (Å²) >= 11 is 2.43. The molecule has 0 aromatic heterocycles. The van der Waals surface area contributed by atoms with Crippen molar-refractivity contribution >= 4 is 36.5 Å². The molecule has 0 bridgehead atoms. The van der Waals surface area contributed by atoms with Crippen LogP contribution in [0.25, 0.3) is 5.57 Å². The Morgan fingerprint density at radius 3 is 2.25 bits per heavy atom. The molecule has 0 saturated carbocycles. The summed E-state index contributed by atoms with van der Waals surface area (Å²) in [5.41, 5.74) is 4.31. The van der Waals surface area contributed by atoms with Gasteiger partial charge in [0.25, 0.3) is 0 Å². The molecule has 1 aromatic rings. The molecule has 0 unspecified atom stereocenters. The van der Waals surface area contributed by atoms with Crippen molar-refractivity contribution in [2.24, 2.45) is 5.92 Å². The molecule has 1 aromatic carbocycles. The van der Waals surface area contributed by atoms with Gasteiger partial charge in [0.1, 0.15) is 0 Å². The van der Waals surface area contributed by atoms with Crippen molar-refractivity contribution in [3.05, 3.63) is 51.1 Å². The molecule has 0 saturated heterocycles. The van der Waals surface area contributed by atoms with Gasteiger partial charge in [-0.2, -0.15) is 0 Å². The first kappa shape index (κ1) is 19.9. The standard InChI is InChI=1S/C21H31IOSi/c1-6-24(7-2,8-3)23-21-17(5)20(15-19(21)14-16(4)22)18-12-10-9-11-13-18/h9-14,19,21H,6-8,15H2,1-5H3/b16-14-/t19-,21-/m1/s1. The van der Waals surface area contributed by atoms with Gasteiger partial charge in [0, 0.05) is 5.92 Å². The predicted molar refractivity (Wildman–Crippen MR) is 117 cm³/mol. The number of benzene rings is 1. The van der Waals surface area contributed by atoms with Crippen molar-refractivity contribution in [1.29, 1.82) is 0 Å². The van der Waals surface area contributed by atoms with Crippen molar-refractivity contribution in [3.8, 4) is 0 Å². The lowest BCUT2D eigenvalue weighted by molar-refractivity contribution is 0.189. The quantitative estimate of drug-likeness (QED) is 0.312. The van der Waals surface area contributed by atoms with E-state index in [1.807, 2.05) is 0 Å². The van der Waals surface area contributed by atoms with Crippen LogP contribution in [-0.2, 0) is 4.43 Å². The maximum absolute atomic E-state index is 6.96. The molecule has 0 amide bonds. The van der Waals surface area contributed by atoms with Gasteiger partial charge in [0.2, 0.25) is 0 Å². The van der Waals surface area contributed by atoms with E-state index in [2.05, 4.69) is 93.6 Å². The summed E-state index contributed by atoms with van der Waals surface area (Å²) in [6.07, 6.45) is 3.78. The summed E-state index contributed by atoms with van der Waals surface area (Å²) in [6, 6.07) is 14.5. The third-order valence-electron chi connectivity index (χ3n) is 5.61. The number of rotatable bonds is 7. The van der Waals surface area contributed by atoms with Crippen LogP contribution in [0.2, 0.25) is 18.1 Å². The zero-order valence-corrected chi connectivity index (χ0v) is 18.9. The minimum absolute atomic E-state index is 0.261. The van der Waals surface area contributed by atoms with E-state index in [1.54, 1.807) is 0 Å². The lowest BCUT2D eigenvalue weighted by Gasteiger charge is -2.34. The smallest absolute Gasteiger partial charge is 0.192 e. The Kier molecular flexibility index (Phi) is 7.32. The van der Waals surface area contributed by atoms with Crippen LogP contribution in [0.3, 0.4) is 0 Å². The first-order valence-corrected chi connectivity index (χ1v) is 12.8. The molecule has 0 heterocycles. The molecular weight excluding hydrogens is 423 g/mol. The normalized spacial score (nSPS) is 22.3. The van der Waals surface area contributed by atoms with Gasteiger partial charge in [-0.3, -0.25) is 0 Å². The third-order valence-corrected chi connectivity index (χ3v) is 10.6. The molecule has 3 heteroatoms. The van der Waals surface area contributed by atoms with Crippen LogP contribution in [0.15, 0.2) is 45.6 Å². The third kappa shape index (κ3) is 4.41. The molecule has 2 atom stereocenters. The molecule has 2 rings (SSSR count). The van der Waals surface area contributed by atoms with E-state index in [0.29, 0.717) is 5.92 Å². The van der Waals surface area contributed by atoms with E-state index in [0.717, 1.165) is 6.42 Å². The van der Waals surface area contributed by atoms with Crippen LogP contribution >= 0.6 is 22.6 Å². The Morgan fingerprint density at radius 1 is 1.17 bits per heavy atom. The highest BCUT2D eigenvalue weighted by Crippen LogP contribution is 2.43. The largest absolute Gasteiger partial charge is 0.410 e. The number of hydrogen-bond donors (Lipinski definition) is 0. The fourth-order valence-electron chi connectivity index (χ4n) is 3.87. The molecule has 0 spiro atoms. The molecule has 0 radical (unpaired) electrons. The van der Waals surface area contributed by atoms with Crippen molar-refractivity contribution in [2.45, 2.75) is 65.3 Å². The van der Waals surface area contributed by atoms with Gasteiger partial charge in [-0.25, -0.2) is 0 Å². The second-order valence-electron chi connectivity index (χ2n) is 6.93. The summed E-state index contributed by atoms with van der Waals surface area (Å²) in [5.74, 6) is 0.480. The van der Waals surface area contributed by atoms with E-state index in [-0.39, 0.29) is 6.10 Å². The summed E-state index contributed by atoms with van der Waals surface area (Å²) in [6.45, 7) is 11.4. The lowest BCUT2D eigenvalue weighted by atomic mass is 10.00. The molecule has 1 aliphatic rings. The summed E-state index contributed by atoms with van der Waals surface area (Å²) < 4.78 is 8.32. The minimum Gasteiger partial charge on any atom is -0.410 e. The molecular formula is C21H31IOSi. The highest BCUT2D eigenvalue weighted by molar-refractivity contribution is 14.1.